The van der Waals surface area contributed by atoms with E-state index in [1.54, 1.807) is 12.1 Å². The van der Waals surface area contributed by atoms with Gasteiger partial charge in [0, 0.05) is 17.3 Å². The van der Waals surface area contributed by atoms with Gasteiger partial charge in [0.15, 0.2) is 0 Å². The van der Waals surface area contributed by atoms with Crippen molar-refractivity contribution in [2.24, 2.45) is 5.92 Å². The first-order valence-electron chi connectivity index (χ1n) is 6.37. The minimum Gasteiger partial charge on any atom is -0.349 e. The number of nitrogens with one attached hydrogen (secondary N) is 2. The number of carbonyl (C=O) groups excluding carboxylic acids is 2. The largest absolute Gasteiger partial charge is 0.349 e. The van der Waals surface area contributed by atoms with Gasteiger partial charge in [-0.1, -0.05) is 6.07 Å². The Morgan fingerprint density at radius 1 is 1.44 bits per heavy atom. The van der Waals surface area contributed by atoms with Crippen molar-refractivity contribution in [1.82, 2.24) is 5.32 Å². The summed E-state index contributed by atoms with van der Waals surface area (Å²) in [6.45, 7) is 2.05. The van der Waals surface area contributed by atoms with Crippen LogP contribution in [0.1, 0.15) is 35.7 Å². The van der Waals surface area contributed by atoms with Gasteiger partial charge >= 0.3 is 0 Å². The zero-order valence-electron chi connectivity index (χ0n) is 10.3. The van der Waals surface area contributed by atoms with Gasteiger partial charge in [-0.2, -0.15) is 0 Å². The molecule has 1 aromatic carbocycles. The molecule has 0 bridgehead atoms. The molecule has 0 aromatic heterocycles. The molecule has 1 atom stereocenters. The fourth-order valence-corrected chi connectivity index (χ4v) is 2.36. The Hall–Kier alpha value is -1.84. The Kier molecular flexibility index (Phi) is 2.58. The van der Waals surface area contributed by atoms with Crippen LogP contribution in [0, 0.1) is 5.92 Å². The van der Waals surface area contributed by atoms with E-state index in [0.29, 0.717) is 17.9 Å². The topological polar surface area (TPSA) is 58.2 Å². The lowest BCUT2D eigenvalue weighted by molar-refractivity contribution is -0.115. The number of hydrogen-bond donors (Lipinski definition) is 2. The summed E-state index contributed by atoms with van der Waals surface area (Å²) in [5.74, 6) is 0.579. The molecule has 0 radical (unpaired) electrons. The number of rotatable bonds is 3. The molecule has 1 aliphatic carbocycles. The highest BCUT2D eigenvalue weighted by Crippen LogP contribution is 2.32. The first-order valence-corrected chi connectivity index (χ1v) is 6.37. The lowest BCUT2D eigenvalue weighted by Crippen LogP contribution is -2.33. The van der Waals surface area contributed by atoms with Crippen molar-refractivity contribution >= 4 is 17.5 Å². The van der Waals surface area contributed by atoms with Crippen molar-refractivity contribution in [1.29, 1.82) is 0 Å². The molecule has 1 aliphatic heterocycles. The van der Waals surface area contributed by atoms with Gasteiger partial charge in [-0.3, -0.25) is 9.59 Å². The fraction of sp³-hybridized carbons (Fsp3) is 0.429. The average molecular weight is 244 g/mol. The Bertz CT molecular complexity index is 521. The van der Waals surface area contributed by atoms with Gasteiger partial charge in [-0.15, -0.1) is 0 Å². The third-order valence-electron chi connectivity index (χ3n) is 3.69. The van der Waals surface area contributed by atoms with Gasteiger partial charge in [0.1, 0.15) is 0 Å². The molecule has 1 fully saturated rings. The van der Waals surface area contributed by atoms with E-state index in [0.717, 1.165) is 11.3 Å². The second-order valence-electron chi connectivity index (χ2n) is 5.20. The third-order valence-corrected chi connectivity index (χ3v) is 3.69. The van der Waals surface area contributed by atoms with Gasteiger partial charge in [-0.05, 0) is 43.4 Å². The van der Waals surface area contributed by atoms with E-state index in [-0.39, 0.29) is 17.9 Å². The smallest absolute Gasteiger partial charge is 0.251 e. The molecule has 1 unspecified atom stereocenters. The lowest BCUT2D eigenvalue weighted by atomic mass is 10.1. The van der Waals surface area contributed by atoms with Crippen LogP contribution in [0.4, 0.5) is 5.69 Å². The molecule has 1 heterocycles. The van der Waals surface area contributed by atoms with Crippen molar-refractivity contribution in [3.05, 3.63) is 29.3 Å². The molecule has 1 saturated carbocycles. The van der Waals surface area contributed by atoms with Crippen LogP contribution < -0.4 is 10.6 Å². The quantitative estimate of drug-likeness (QED) is 0.850. The number of hydrogen-bond acceptors (Lipinski definition) is 2. The third kappa shape index (κ3) is 2.10. The predicted molar refractivity (Wildman–Crippen MR) is 68.4 cm³/mol. The van der Waals surface area contributed by atoms with E-state index in [2.05, 4.69) is 10.6 Å². The van der Waals surface area contributed by atoms with E-state index >= 15 is 0 Å². The Morgan fingerprint density at radius 2 is 2.22 bits per heavy atom. The van der Waals surface area contributed by atoms with Gasteiger partial charge in [0.05, 0.1) is 6.42 Å². The number of amides is 2. The summed E-state index contributed by atoms with van der Waals surface area (Å²) in [6, 6.07) is 5.63. The Labute approximate surface area is 106 Å². The number of anilines is 1. The summed E-state index contributed by atoms with van der Waals surface area (Å²) < 4.78 is 0. The summed E-state index contributed by atoms with van der Waals surface area (Å²) in [7, 11) is 0. The van der Waals surface area contributed by atoms with Crippen LogP contribution in [0.15, 0.2) is 18.2 Å². The summed E-state index contributed by atoms with van der Waals surface area (Å²) in [4.78, 5) is 23.3. The predicted octanol–water partition coefficient (Wildman–Crippen LogP) is 1.71. The molecule has 3 rings (SSSR count). The first-order chi connectivity index (χ1) is 8.63. The second-order valence-corrected chi connectivity index (χ2v) is 5.20. The molecule has 1 aromatic rings. The fourth-order valence-electron chi connectivity index (χ4n) is 2.36. The molecule has 0 saturated heterocycles. The molecule has 2 N–H and O–H groups in total. The number of carbonyl (C=O) groups is 2. The Balaban J connectivity index is 1.74. The zero-order valence-corrected chi connectivity index (χ0v) is 10.3. The maximum atomic E-state index is 12.0. The zero-order chi connectivity index (χ0) is 12.7. The molecular formula is C14H16N2O2. The van der Waals surface area contributed by atoms with Crippen molar-refractivity contribution in [3.8, 4) is 0 Å². The van der Waals surface area contributed by atoms with E-state index in [1.807, 2.05) is 13.0 Å². The molecular weight excluding hydrogens is 228 g/mol. The highest BCUT2D eigenvalue weighted by atomic mass is 16.2. The monoisotopic (exact) mass is 244 g/mol. The molecule has 18 heavy (non-hydrogen) atoms. The summed E-state index contributed by atoms with van der Waals surface area (Å²) in [5, 5.41) is 5.77. The van der Waals surface area contributed by atoms with E-state index in [4.69, 9.17) is 0 Å². The van der Waals surface area contributed by atoms with E-state index in [9.17, 15) is 9.59 Å². The van der Waals surface area contributed by atoms with Gasteiger partial charge < -0.3 is 10.6 Å². The number of benzene rings is 1. The molecule has 4 nitrogen and oxygen atoms in total. The van der Waals surface area contributed by atoms with Gasteiger partial charge in [0.2, 0.25) is 5.91 Å². The molecule has 2 aliphatic rings. The summed E-state index contributed by atoms with van der Waals surface area (Å²) in [6.07, 6.45) is 2.83. The van der Waals surface area contributed by atoms with Gasteiger partial charge in [0.25, 0.3) is 5.91 Å². The van der Waals surface area contributed by atoms with E-state index in [1.165, 1.54) is 12.8 Å². The van der Waals surface area contributed by atoms with Crippen LogP contribution in [0.3, 0.4) is 0 Å². The minimum absolute atomic E-state index is 0.00564. The Morgan fingerprint density at radius 3 is 2.94 bits per heavy atom. The number of fused-ring (bicyclic) bond motifs is 1. The standard InChI is InChI=1S/C14H16N2O2/c1-8(9-2-3-9)15-14(18)11-5-4-10-7-13(17)16-12(10)6-11/h4-6,8-9H,2-3,7H2,1H3,(H,15,18)(H,16,17). The van der Waals surface area contributed by atoms with Crippen molar-refractivity contribution in [2.45, 2.75) is 32.2 Å². The summed E-state index contributed by atoms with van der Waals surface area (Å²) in [5.41, 5.74) is 2.35. The highest BCUT2D eigenvalue weighted by Gasteiger charge is 2.29. The SMILES string of the molecule is CC(NC(=O)c1ccc2c(c1)NC(=O)C2)C1CC1. The normalized spacial score (nSPS) is 19.1. The minimum atomic E-state index is -0.0571. The summed E-state index contributed by atoms with van der Waals surface area (Å²) >= 11 is 0. The van der Waals surface area contributed by atoms with Crippen LogP contribution in [0.25, 0.3) is 0 Å². The van der Waals surface area contributed by atoms with Crippen LogP contribution in [0.5, 0.6) is 0 Å². The maximum Gasteiger partial charge on any atom is 0.251 e. The molecule has 94 valence electrons. The van der Waals surface area contributed by atoms with E-state index < -0.39 is 0 Å². The van der Waals surface area contributed by atoms with Gasteiger partial charge in [-0.25, -0.2) is 0 Å². The average Bonchev–Trinajstić information content (AvgIpc) is 3.10. The molecule has 4 heteroatoms. The van der Waals surface area contributed by atoms with Crippen molar-refractivity contribution in [3.63, 3.8) is 0 Å². The molecule has 0 spiro atoms. The second kappa shape index (κ2) is 4.12. The highest BCUT2D eigenvalue weighted by molar-refractivity contribution is 6.02. The van der Waals surface area contributed by atoms with Crippen molar-refractivity contribution < 1.29 is 9.59 Å². The molecule has 2 amide bonds. The van der Waals surface area contributed by atoms with Crippen LogP contribution in [0.2, 0.25) is 0 Å². The van der Waals surface area contributed by atoms with Crippen molar-refractivity contribution in [2.75, 3.05) is 5.32 Å². The maximum absolute atomic E-state index is 12.0. The van der Waals surface area contributed by atoms with Crippen LogP contribution >= 0.6 is 0 Å². The lowest BCUT2D eigenvalue weighted by Gasteiger charge is -2.13. The van der Waals surface area contributed by atoms with Crippen LogP contribution in [-0.2, 0) is 11.2 Å². The van der Waals surface area contributed by atoms with Crippen LogP contribution in [-0.4, -0.2) is 17.9 Å². The first kappa shape index (κ1) is 11.3.